The van der Waals surface area contributed by atoms with Crippen LogP contribution in [0.25, 0.3) is 0 Å². The molecule has 0 aromatic heterocycles. The first-order chi connectivity index (χ1) is 6.10. The van der Waals surface area contributed by atoms with E-state index in [1.54, 1.807) is 0 Å². The second-order valence-corrected chi connectivity index (χ2v) is 6.11. The Morgan fingerprint density at radius 2 is 1.38 bits per heavy atom. The summed E-state index contributed by atoms with van der Waals surface area (Å²) in [6.07, 6.45) is 9.02. The lowest BCUT2D eigenvalue weighted by molar-refractivity contribution is 0.0215. The van der Waals surface area contributed by atoms with Gasteiger partial charge in [0.15, 0.2) is 0 Å². The molecule has 2 rings (SSSR count). The summed E-state index contributed by atoms with van der Waals surface area (Å²) in [7, 11) is 0. The Labute approximate surface area is 83.1 Å². The molecule has 0 N–H and O–H groups in total. The van der Waals surface area contributed by atoms with Gasteiger partial charge in [-0.1, -0.05) is 33.6 Å². The summed E-state index contributed by atoms with van der Waals surface area (Å²) in [6, 6.07) is 0. The van der Waals surface area contributed by atoms with E-state index in [1.165, 1.54) is 38.5 Å². The van der Waals surface area contributed by atoms with Crippen LogP contribution in [0.5, 0.6) is 0 Å². The monoisotopic (exact) mass is 180 g/mol. The minimum Gasteiger partial charge on any atom is -0.0625 e. The third-order valence-electron chi connectivity index (χ3n) is 4.78. The van der Waals surface area contributed by atoms with Crippen LogP contribution in [-0.2, 0) is 0 Å². The van der Waals surface area contributed by atoms with Crippen molar-refractivity contribution in [3.63, 3.8) is 0 Å². The van der Waals surface area contributed by atoms with Gasteiger partial charge in [-0.25, -0.2) is 0 Å². The zero-order chi connectivity index (χ0) is 9.47. The highest BCUT2D eigenvalue weighted by atomic mass is 14.5. The third-order valence-corrected chi connectivity index (χ3v) is 4.78. The molecule has 0 bridgehead atoms. The van der Waals surface area contributed by atoms with Crippen molar-refractivity contribution in [1.82, 2.24) is 0 Å². The van der Waals surface area contributed by atoms with E-state index in [0.717, 1.165) is 23.2 Å². The molecule has 0 nitrogen and oxygen atoms in total. The Balaban J connectivity index is 2.07. The molecule has 2 unspecified atom stereocenters. The molecule has 0 amide bonds. The van der Waals surface area contributed by atoms with Crippen molar-refractivity contribution in [2.75, 3.05) is 0 Å². The van der Waals surface area contributed by atoms with E-state index in [4.69, 9.17) is 0 Å². The van der Waals surface area contributed by atoms with E-state index < -0.39 is 0 Å². The molecule has 0 aromatic carbocycles. The topological polar surface area (TPSA) is 0 Å². The molecular weight excluding hydrogens is 156 g/mol. The van der Waals surface area contributed by atoms with E-state index in [0.29, 0.717) is 0 Å². The van der Waals surface area contributed by atoms with Gasteiger partial charge in [0, 0.05) is 0 Å². The van der Waals surface area contributed by atoms with Crippen molar-refractivity contribution in [1.29, 1.82) is 0 Å². The quantitative estimate of drug-likeness (QED) is 0.523. The van der Waals surface area contributed by atoms with E-state index in [9.17, 15) is 0 Å². The van der Waals surface area contributed by atoms with Crippen molar-refractivity contribution >= 4 is 0 Å². The molecule has 0 saturated heterocycles. The van der Waals surface area contributed by atoms with E-state index in [-0.39, 0.29) is 0 Å². The average molecular weight is 180 g/mol. The van der Waals surface area contributed by atoms with E-state index in [2.05, 4.69) is 20.8 Å². The fraction of sp³-hybridized carbons (Fsp3) is 1.00. The number of fused-ring (bicyclic) bond motifs is 1. The van der Waals surface area contributed by atoms with Crippen LogP contribution >= 0.6 is 0 Å². The molecule has 2 atom stereocenters. The zero-order valence-electron chi connectivity index (χ0n) is 9.47. The first-order valence-corrected chi connectivity index (χ1v) is 6.10. The molecule has 0 radical (unpaired) electrons. The van der Waals surface area contributed by atoms with Crippen LogP contribution in [0, 0.1) is 23.2 Å². The summed E-state index contributed by atoms with van der Waals surface area (Å²) >= 11 is 0. The van der Waals surface area contributed by atoms with Gasteiger partial charge >= 0.3 is 0 Å². The fourth-order valence-corrected chi connectivity index (χ4v) is 3.56. The predicted octanol–water partition coefficient (Wildman–Crippen LogP) is 4.25. The van der Waals surface area contributed by atoms with Gasteiger partial charge in [-0.2, -0.15) is 0 Å². The number of rotatable bonds is 0. The van der Waals surface area contributed by atoms with Crippen LogP contribution in [0.4, 0.5) is 0 Å². The van der Waals surface area contributed by atoms with Gasteiger partial charge in [0.1, 0.15) is 0 Å². The maximum Gasteiger partial charge on any atom is -0.0297 e. The predicted molar refractivity (Wildman–Crippen MR) is 57.6 cm³/mol. The van der Waals surface area contributed by atoms with E-state index >= 15 is 0 Å². The highest BCUT2D eigenvalue weighted by molar-refractivity contribution is 4.92. The summed E-state index contributed by atoms with van der Waals surface area (Å²) in [6.45, 7) is 7.44. The van der Waals surface area contributed by atoms with Gasteiger partial charge < -0.3 is 0 Å². The summed E-state index contributed by atoms with van der Waals surface area (Å²) in [5.74, 6) is 3.06. The minimum atomic E-state index is 0.735. The molecule has 2 saturated carbocycles. The van der Waals surface area contributed by atoms with Gasteiger partial charge in [0.05, 0.1) is 0 Å². The molecule has 0 heterocycles. The first-order valence-electron chi connectivity index (χ1n) is 6.10. The lowest BCUT2D eigenvalue weighted by atomic mass is 9.57. The third kappa shape index (κ3) is 1.78. The molecular formula is C13H24. The van der Waals surface area contributed by atoms with Crippen LogP contribution < -0.4 is 0 Å². The highest BCUT2D eigenvalue weighted by Crippen LogP contribution is 2.52. The van der Waals surface area contributed by atoms with Crippen LogP contribution in [0.2, 0.25) is 0 Å². The SMILES string of the molecule is CC1CCC2(C)CCC(C)CC2C1. The molecule has 0 aromatic rings. The zero-order valence-corrected chi connectivity index (χ0v) is 9.47. The molecule has 13 heavy (non-hydrogen) atoms. The largest absolute Gasteiger partial charge is 0.0625 e. The maximum atomic E-state index is 2.55. The number of hydrogen-bond donors (Lipinski definition) is 0. The Kier molecular flexibility index (Phi) is 2.42. The van der Waals surface area contributed by atoms with E-state index in [1.807, 2.05) is 0 Å². The second-order valence-electron chi connectivity index (χ2n) is 6.11. The van der Waals surface area contributed by atoms with Gasteiger partial charge in [0.2, 0.25) is 0 Å². The van der Waals surface area contributed by atoms with Crippen molar-refractivity contribution in [2.24, 2.45) is 23.2 Å². The smallest absolute Gasteiger partial charge is 0.0297 e. The Morgan fingerprint density at radius 3 is 1.85 bits per heavy atom. The molecule has 2 aliphatic rings. The lowest BCUT2D eigenvalue weighted by Gasteiger charge is -2.49. The standard InChI is InChI=1S/C13H24/c1-10-4-6-13(3)7-5-11(2)9-12(13)8-10/h10-12H,4-9H2,1-3H3. The highest BCUT2D eigenvalue weighted by Gasteiger charge is 2.41. The summed E-state index contributed by atoms with van der Waals surface area (Å²) < 4.78 is 0. The Bertz CT molecular complexity index is 166. The summed E-state index contributed by atoms with van der Waals surface area (Å²) in [4.78, 5) is 0. The minimum absolute atomic E-state index is 0.735. The lowest BCUT2D eigenvalue weighted by Crippen LogP contribution is -2.38. The fourth-order valence-electron chi connectivity index (χ4n) is 3.56. The van der Waals surface area contributed by atoms with Crippen molar-refractivity contribution < 1.29 is 0 Å². The van der Waals surface area contributed by atoms with Crippen LogP contribution in [0.15, 0.2) is 0 Å². The molecule has 76 valence electrons. The molecule has 0 spiro atoms. The van der Waals surface area contributed by atoms with Crippen LogP contribution in [-0.4, -0.2) is 0 Å². The molecule has 0 heteroatoms. The van der Waals surface area contributed by atoms with Crippen LogP contribution in [0.3, 0.4) is 0 Å². The number of hydrogen-bond acceptors (Lipinski definition) is 0. The van der Waals surface area contributed by atoms with Gasteiger partial charge in [0.25, 0.3) is 0 Å². The summed E-state index contributed by atoms with van der Waals surface area (Å²) in [5, 5.41) is 0. The maximum absolute atomic E-state index is 2.55. The van der Waals surface area contributed by atoms with Crippen LogP contribution in [0.1, 0.15) is 59.3 Å². The van der Waals surface area contributed by atoms with Crippen molar-refractivity contribution in [2.45, 2.75) is 59.3 Å². The van der Waals surface area contributed by atoms with Gasteiger partial charge in [-0.05, 0) is 48.9 Å². The Morgan fingerprint density at radius 1 is 0.923 bits per heavy atom. The average Bonchev–Trinajstić information content (AvgIpc) is 2.08. The first kappa shape index (κ1) is 9.55. The summed E-state index contributed by atoms with van der Waals surface area (Å²) in [5.41, 5.74) is 0.735. The molecule has 2 fully saturated rings. The van der Waals surface area contributed by atoms with Gasteiger partial charge in [-0.3, -0.25) is 0 Å². The molecule has 0 aliphatic heterocycles. The normalized spacial score (nSPS) is 51.5. The van der Waals surface area contributed by atoms with Crippen molar-refractivity contribution in [3.05, 3.63) is 0 Å². The second kappa shape index (κ2) is 3.29. The molecule has 2 aliphatic carbocycles. The van der Waals surface area contributed by atoms with Gasteiger partial charge in [-0.15, -0.1) is 0 Å². The van der Waals surface area contributed by atoms with Crippen molar-refractivity contribution in [3.8, 4) is 0 Å². The Hall–Kier alpha value is 0.